The minimum absolute atomic E-state index is 0.564. The van der Waals surface area contributed by atoms with E-state index in [4.69, 9.17) is 10.5 Å². The molecular weight excluding hydrogens is 226 g/mol. The highest BCUT2D eigenvalue weighted by Crippen LogP contribution is 2.16. The summed E-state index contributed by atoms with van der Waals surface area (Å²) < 4.78 is 5.76. The van der Waals surface area contributed by atoms with Crippen LogP contribution in [0.3, 0.4) is 0 Å². The first-order valence-electron chi connectivity index (χ1n) is 6.38. The van der Waals surface area contributed by atoms with Crippen LogP contribution in [-0.4, -0.2) is 37.6 Å². The highest BCUT2D eigenvalue weighted by atomic mass is 16.5. The molecule has 0 spiro atoms. The van der Waals surface area contributed by atoms with E-state index in [9.17, 15) is 0 Å². The zero-order valence-corrected chi connectivity index (χ0v) is 10.9. The van der Waals surface area contributed by atoms with E-state index in [0.29, 0.717) is 18.5 Å². The van der Waals surface area contributed by atoms with E-state index >= 15 is 0 Å². The van der Waals surface area contributed by atoms with Crippen LogP contribution in [0.5, 0.6) is 0 Å². The van der Waals surface area contributed by atoms with Gasteiger partial charge in [0.1, 0.15) is 0 Å². The van der Waals surface area contributed by atoms with Crippen molar-refractivity contribution in [2.45, 2.75) is 13.0 Å². The molecule has 2 N–H and O–H groups in total. The van der Waals surface area contributed by atoms with Crippen molar-refractivity contribution in [3.63, 3.8) is 0 Å². The number of aliphatic imine (C=N–C) groups is 1. The van der Waals surface area contributed by atoms with Gasteiger partial charge in [-0.25, -0.2) is 0 Å². The van der Waals surface area contributed by atoms with E-state index in [1.54, 1.807) is 7.05 Å². The Morgan fingerprint density at radius 2 is 2.22 bits per heavy atom. The number of nitrogens with two attached hydrogens (primary N) is 1. The van der Waals surface area contributed by atoms with Crippen LogP contribution in [0.4, 0.5) is 0 Å². The number of hydrogen-bond donors (Lipinski definition) is 1. The number of ether oxygens (including phenoxy) is 1. The van der Waals surface area contributed by atoms with Crippen LogP contribution in [0.25, 0.3) is 0 Å². The first-order chi connectivity index (χ1) is 8.79. The van der Waals surface area contributed by atoms with Crippen LogP contribution in [-0.2, 0) is 11.3 Å². The monoisotopic (exact) mass is 247 g/mol. The fourth-order valence-corrected chi connectivity index (χ4v) is 2.24. The number of hydrogen-bond acceptors (Lipinski definition) is 2. The molecule has 4 nitrogen and oxygen atoms in total. The second-order valence-corrected chi connectivity index (χ2v) is 4.68. The second-order valence-electron chi connectivity index (χ2n) is 4.68. The minimum Gasteiger partial charge on any atom is -0.376 e. The van der Waals surface area contributed by atoms with E-state index < -0.39 is 0 Å². The SMILES string of the molecule is CN=C(N)N1CCC(COCc2ccccc2)C1. The van der Waals surface area contributed by atoms with E-state index in [2.05, 4.69) is 22.0 Å². The lowest BCUT2D eigenvalue weighted by Crippen LogP contribution is -2.35. The molecule has 98 valence electrons. The van der Waals surface area contributed by atoms with Crippen molar-refractivity contribution in [3.05, 3.63) is 35.9 Å². The number of benzene rings is 1. The van der Waals surface area contributed by atoms with Gasteiger partial charge in [0.2, 0.25) is 0 Å². The summed E-state index contributed by atoms with van der Waals surface area (Å²) in [4.78, 5) is 6.13. The van der Waals surface area contributed by atoms with Crippen molar-refractivity contribution in [1.29, 1.82) is 0 Å². The Labute approximate surface area is 108 Å². The molecule has 0 saturated carbocycles. The Morgan fingerprint density at radius 3 is 2.94 bits per heavy atom. The van der Waals surface area contributed by atoms with Crippen LogP contribution in [0.15, 0.2) is 35.3 Å². The first-order valence-corrected chi connectivity index (χ1v) is 6.38. The number of guanidine groups is 1. The highest BCUT2D eigenvalue weighted by molar-refractivity contribution is 5.78. The number of rotatable bonds is 4. The highest BCUT2D eigenvalue weighted by Gasteiger charge is 2.23. The zero-order chi connectivity index (χ0) is 12.8. The summed E-state index contributed by atoms with van der Waals surface area (Å²) >= 11 is 0. The lowest BCUT2D eigenvalue weighted by Gasteiger charge is -2.16. The van der Waals surface area contributed by atoms with Gasteiger partial charge < -0.3 is 15.4 Å². The molecule has 1 saturated heterocycles. The molecule has 0 aliphatic carbocycles. The Kier molecular flexibility index (Phi) is 4.59. The first kappa shape index (κ1) is 12.9. The molecule has 1 atom stereocenters. The topological polar surface area (TPSA) is 50.8 Å². The fourth-order valence-electron chi connectivity index (χ4n) is 2.24. The quantitative estimate of drug-likeness (QED) is 0.647. The summed E-state index contributed by atoms with van der Waals surface area (Å²) in [5.74, 6) is 1.20. The summed E-state index contributed by atoms with van der Waals surface area (Å²) in [5, 5.41) is 0. The molecule has 2 rings (SSSR count). The average molecular weight is 247 g/mol. The predicted molar refractivity (Wildman–Crippen MR) is 73.3 cm³/mol. The molecule has 1 aromatic rings. The van der Waals surface area contributed by atoms with Crippen molar-refractivity contribution in [2.24, 2.45) is 16.6 Å². The molecule has 1 unspecified atom stereocenters. The molecule has 1 aliphatic heterocycles. The summed E-state index contributed by atoms with van der Waals surface area (Å²) in [6.45, 7) is 3.43. The van der Waals surface area contributed by atoms with Crippen LogP contribution in [0, 0.1) is 5.92 Å². The molecular formula is C14H21N3O. The average Bonchev–Trinajstić information content (AvgIpc) is 2.88. The molecule has 1 fully saturated rings. The third kappa shape index (κ3) is 3.47. The van der Waals surface area contributed by atoms with Crippen LogP contribution >= 0.6 is 0 Å². The summed E-state index contributed by atoms with van der Waals surface area (Å²) in [6.07, 6.45) is 1.13. The normalized spacial score (nSPS) is 20.4. The number of likely N-dealkylation sites (tertiary alicyclic amines) is 1. The van der Waals surface area contributed by atoms with Crippen molar-refractivity contribution < 1.29 is 4.74 Å². The van der Waals surface area contributed by atoms with Gasteiger partial charge in [-0.15, -0.1) is 0 Å². The molecule has 1 aliphatic rings. The Bertz CT molecular complexity index is 391. The Balaban J connectivity index is 1.70. The van der Waals surface area contributed by atoms with Gasteiger partial charge in [0, 0.05) is 26.1 Å². The lowest BCUT2D eigenvalue weighted by molar-refractivity contribution is 0.0907. The van der Waals surface area contributed by atoms with Crippen molar-refractivity contribution >= 4 is 5.96 Å². The van der Waals surface area contributed by atoms with Crippen molar-refractivity contribution in [2.75, 3.05) is 26.7 Å². The van der Waals surface area contributed by atoms with Gasteiger partial charge in [-0.3, -0.25) is 4.99 Å². The van der Waals surface area contributed by atoms with E-state index in [1.807, 2.05) is 18.2 Å². The number of nitrogens with zero attached hydrogens (tertiary/aromatic N) is 2. The van der Waals surface area contributed by atoms with Gasteiger partial charge in [0.05, 0.1) is 13.2 Å². The third-order valence-electron chi connectivity index (χ3n) is 3.30. The molecule has 0 amide bonds. The van der Waals surface area contributed by atoms with Gasteiger partial charge in [-0.2, -0.15) is 0 Å². The maximum Gasteiger partial charge on any atom is 0.190 e. The fraction of sp³-hybridized carbons (Fsp3) is 0.500. The summed E-state index contributed by atoms with van der Waals surface area (Å²) in [5.41, 5.74) is 7.02. The molecule has 0 radical (unpaired) electrons. The summed E-state index contributed by atoms with van der Waals surface area (Å²) in [6, 6.07) is 10.3. The van der Waals surface area contributed by atoms with Gasteiger partial charge in [0.15, 0.2) is 5.96 Å². The van der Waals surface area contributed by atoms with Crippen LogP contribution in [0.2, 0.25) is 0 Å². The van der Waals surface area contributed by atoms with Gasteiger partial charge in [-0.05, 0) is 12.0 Å². The van der Waals surface area contributed by atoms with Crippen LogP contribution in [0.1, 0.15) is 12.0 Å². The van der Waals surface area contributed by atoms with E-state index in [0.717, 1.165) is 26.1 Å². The maximum absolute atomic E-state index is 5.80. The summed E-state index contributed by atoms with van der Waals surface area (Å²) in [7, 11) is 1.73. The predicted octanol–water partition coefficient (Wildman–Crippen LogP) is 1.47. The minimum atomic E-state index is 0.564. The van der Waals surface area contributed by atoms with Crippen LogP contribution < -0.4 is 5.73 Å². The molecule has 0 aromatic heterocycles. The van der Waals surface area contributed by atoms with Gasteiger partial charge in [0.25, 0.3) is 0 Å². The van der Waals surface area contributed by atoms with Crippen molar-refractivity contribution in [1.82, 2.24) is 4.90 Å². The standard InChI is InChI=1S/C14H21N3O/c1-16-14(15)17-8-7-13(9-17)11-18-10-12-5-3-2-4-6-12/h2-6,13H,7-11H2,1H3,(H2,15,16). The molecule has 1 heterocycles. The van der Waals surface area contributed by atoms with Gasteiger partial charge in [-0.1, -0.05) is 30.3 Å². The third-order valence-corrected chi connectivity index (χ3v) is 3.30. The lowest BCUT2D eigenvalue weighted by atomic mass is 10.1. The maximum atomic E-state index is 5.80. The molecule has 1 aromatic carbocycles. The second kappa shape index (κ2) is 6.40. The largest absolute Gasteiger partial charge is 0.376 e. The van der Waals surface area contributed by atoms with E-state index in [-0.39, 0.29) is 0 Å². The Morgan fingerprint density at radius 1 is 1.44 bits per heavy atom. The van der Waals surface area contributed by atoms with E-state index in [1.165, 1.54) is 5.56 Å². The molecule has 0 bridgehead atoms. The smallest absolute Gasteiger partial charge is 0.190 e. The van der Waals surface area contributed by atoms with Gasteiger partial charge >= 0.3 is 0 Å². The zero-order valence-electron chi connectivity index (χ0n) is 10.9. The molecule has 4 heteroatoms. The molecule has 18 heavy (non-hydrogen) atoms. The van der Waals surface area contributed by atoms with Crippen molar-refractivity contribution in [3.8, 4) is 0 Å². The Hall–Kier alpha value is -1.55.